The van der Waals surface area contributed by atoms with E-state index in [0.29, 0.717) is 0 Å². The summed E-state index contributed by atoms with van der Waals surface area (Å²) in [6, 6.07) is 8.68. The molecule has 0 saturated heterocycles. The molecule has 1 aliphatic carbocycles. The minimum Gasteiger partial charge on any atom is -0.287 e. The third-order valence-corrected chi connectivity index (χ3v) is 4.89. The molecule has 2 aromatic rings. The molecule has 1 aromatic carbocycles. The molecule has 4 rings (SSSR count). The number of nitrogens with zero attached hydrogens (tertiary/aromatic N) is 3. The number of allylic oxidation sites excluding steroid dienone is 2. The predicted octanol–water partition coefficient (Wildman–Crippen LogP) is 3.78. The second kappa shape index (κ2) is 5.46. The third kappa shape index (κ3) is 2.63. The molecular weight excluding hydrogens is 289 g/mol. The molecule has 0 spiro atoms. The first-order chi connectivity index (χ1) is 11.1. The molecule has 1 atom stereocenters. The van der Waals surface area contributed by atoms with E-state index in [1.165, 1.54) is 17.8 Å². The van der Waals surface area contributed by atoms with Crippen molar-refractivity contribution in [2.75, 3.05) is 6.54 Å². The lowest BCUT2D eigenvalue weighted by Gasteiger charge is -2.42. The van der Waals surface area contributed by atoms with Crippen molar-refractivity contribution in [1.29, 1.82) is 0 Å². The highest BCUT2D eigenvalue weighted by atomic mass is 19.1. The molecule has 1 aliphatic heterocycles. The molecule has 3 nitrogen and oxygen atoms in total. The van der Waals surface area contributed by atoms with Crippen LogP contribution in [-0.4, -0.2) is 26.8 Å². The van der Waals surface area contributed by atoms with E-state index in [1.54, 1.807) is 12.1 Å². The topological polar surface area (TPSA) is 21.1 Å². The molecule has 1 unspecified atom stereocenters. The predicted molar refractivity (Wildman–Crippen MR) is 89.3 cm³/mol. The SMILES string of the molecule is CC1(N2CCn3nc(-c4ccc(F)cc4)cc3C2)C=CC=CC1. The van der Waals surface area contributed by atoms with E-state index >= 15 is 0 Å². The van der Waals surface area contributed by atoms with Gasteiger partial charge in [-0.3, -0.25) is 9.58 Å². The van der Waals surface area contributed by atoms with Crippen LogP contribution in [0, 0.1) is 5.82 Å². The first kappa shape index (κ1) is 14.4. The van der Waals surface area contributed by atoms with Crippen molar-refractivity contribution in [3.63, 3.8) is 0 Å². The maximum absolute atomic E-state index is 13.1. The molecule has 118 valence electrons. The summed E-state index contributed by atoms with van der Waals surface area (Å²) >= 11 is 0. The van der Waals surface area contributed by atoms with Crippen molar-refractivity contribution in [2.45, 2.75) is 32.0 Å². The highest BCUT2D eigenvalue weighted by Gasteiger charge is 2.32. The average Bonchev–Trinajstić information content (AvgIpc) is 2.99. The Bertz CT molecular complexity index is 772. The summed E-state index contributed by atoms with van der Waals surface area (Å²) < 4.78 is 15.2. The summed E-state index contributed by atoms with van der Waals surface area (Å²) in [5.41, 5.74) is 3.19. The molecule has 0 bridgehead atoms. The van der Waals surface area contributed by atoms with Crippen molar-refractivity contribution in [3.05, 3.63) is 66.1 Å². The molecule has 0 saturated carbocycles. The van der Waals surface area contributed by atoms with Crippen LogP contribution in [0.4, 0.5) is 4.39 Å². The van der Waals surface area contributed by atoms with Gasteiger partial charge >= 0.3 is 0 Å². The van der Waals surface area contributed by atoms with Gasteiger partial charge < -0.3 is 0 Å². The summed E-state index contributed by atoms with van der Waals surface area (Å²) in [7, 11) is 0. The molecule has 2 heterocycles. The summed E-state index contributed by atoms with van der Waals surface area (Å²) in [4.78, 5) is 2.51. The normalized spacial score (nSPS) is 23.9. The van der Waals surface area contributed by atoms with E-state index in [2.05, 4.69) is 52.0 Å². The monoisotopic (exact) mass is 309 g/mol. The van der Waals surface area contributed by atoms with Gasteiger partial charge in [0.1, 0.15) is 5.82 Å². The van der Waals surface area contributed by atoms with E-state index in [9.17, 15) is 4.39 Å². The molecular formula is C19H20FN3. The van der Waals surface area contributed by atoms with Crippen molar-refractivity contribution >= 4 is 0 Å². The summed E-state index contributed by atoms with van der Waals surface area (Å²) in [5, 5.41) is 4.69. The van der Waals surface area contributed by atoms with Gasteiger partial charge in [0.05, 0.1) is 17.9 Å². The Morgan fingerprint density at radius 2 is 1.96 bits per heavy atom. The number of halogens is 1. The van der Waals surface area contributed by atoms with Crippen LogP contribution in [0.2, 0.25) is 0 Å². The minimum atomic E-state index is -0.214. The van der Waals surface area contributed by atoms with Gasteiger partial charge in [-0.25, -0.2) is 4.39 Å². The lowest BCUT2D eigenvalue weighted by Crippen LogP contribution is -2.48. The van der Waals surface area contributed by atoms with Crippen LogP contribution in [0.3, 0.4) is 0 Å². The quantitative estimate of drug-likeness (QED) is 0.842. The first-order valence-corrected chi connectivity index (χ1v) is 8.06. The molecule has 23 heavy (non-hydrogen) atoms. The van der Waals surface area contributed by atoms with Gasteiger partial charge in [-0.2, -0.15) is 5.10 Å². The zero-order chi connectivity index (χ0) is 15.9. The number of aromatic nitrogens is 2. The van der Waals surface area contributed by atoms with E-state index < -0.39 is 0 Å². The van der Waals surface area contributed by atoms with E-state index in [-0.39, 0.29) is 11.4 Å². The zero-order valence-electron chi connectivity index (χ0n) is 13.2. The largest absolute Gasteiger partial charge is 0.287 e. The second-order valence-electron chi connectivity index (χ2n) is 6.52. The molecule has 2 aliphatic rings. The Balaban J connectivity index is 1.59. The third-order valence-electron chi connectivity index (χ3n) is 4.89. The maximum atomic E-state index is 13.1. The maximum Gasteiger partial charge on any atom is 0.123 e. The van der Waals surface area contributed by atoms with Crippen LogP contribution in [0.1, 0.15) is 19.0 Å². The van der Waals surface area contributed by atoms with Crippen LogP contribution in [0.25, 0.3) is 11.3 Å². The summed E-state index contributed by atoms with van der Waals surface area (Å²) in [6.45, 7) is 5.07. The fraction of sp³-hybridized carbons (Fsp3) is 0.316. The van der Waals surface area contributed by atoms with E-state index in [0.717, 1.165) is 37.3 Å². The van der Waals surface area contributed by atoms with Crippen molar-refractivity contribution in [1.82, 2.24) is 14.7 Å². The fourth-order valence-electron chi connectivity index (χ4n) is 3.41. The highest BCUT2D eigenvalue weighted by Crippen LogP contribution is 2.30. The van der Waals surface area contributed by atoms with Crippen molar-refractivity contribution < 1.29 is 4.39 Å². The van der Waals surface area contributed by atoms with Gasteiger partial charge in [0.2, 0.25) is 0 Å². The molecule has 0 N–H and O–H groups in total. The smallest absolute Gasteiger partial charge is 0.123 e. The number of hydrogen-bond acceptors (Lipinski definition) is 2. The van der Waals surface area contributed by atoms with Gasteiger partial charge in [0, 0.05) is 24.2 Å². The number of fused-ring (bicyclic) bond motifs is 1. The van der Waals surface area contributed by atoms with Crippen LogP contribution < -0.4 is 0 Å². The molecule has 0 amide bonds. The average molecular weight is 309 g/mol. The van der Waals surface area contributed by atoms with Gasteiger partial charge in [0.15, 0.2) is 0 Å². The van der Waals surface area contributed by atoms with Crippen LogP contribution in [0.15, 0.2) is 54.6 Å². The Morgan fingerprint density at radius 3 is 2.70 bits per heavy atom. The highest BCUT2D eigenvalue weighted by molar-refractivity contribution is 5.59. The second-order valence-corrected chi connectivity index (χ2v) is 6.52. The Kier molecular flexibility index (Phi) is 3.42. The van der Waals surface area contributed by atoms with Gasteiger partial charge in [-0.15, -0.1) is 0 Å². The lowest BCUT2D eigenvalue weighted by atomic mass is 9.90. The molecule has 4 heteroatoms. The van der Waals surface area contributed by atoms with Gasteiger partial charge in [-0.1, -0.05) is 24.3 Å². The number of rotatable bonds is 2. The Hall–Kier alpha value is -2.20. The zero-order valence-corrected chi connectivity index (χ0v) is 13.2. The number of benzene rings is 1. The van der Waals surface area contributed by atoms with Crippen LogP contribution >= 0.6 is 0 Å². The van der Waals surface area contributed by atoms with Gasteiger partial charge in [0.25, 0.3) is 0 Å². The van der Waals surface area contributed by atoms with E-state index in [4.69, 9.17) is 0 Å². The Labute approximate surface area is 135 Å². The molecule has 1 aromatic heterocycles. The minimum absolute atomic E-state index is 0.0836. The summed E-state index contributed by atoms with van der Waals surface area (Å²) in [6.07, 6.45) is 9.82. The fourth-order valence-corrected chi connectivity index (χ4v) is 3.41. The Morgan fingerprint density at radius 1 is 1.13 bits per heavy atom. The number of hydrogen-bond donors (Lipinski definition) is 0. The first-order valence-electron chi connectivity index (χ1n) is 8.06. The van der Waals surface area contributed by atoms with E-state index in [1.807, 2.05) is 0 Å². The van der Waals surface area contributed by atoms with Crippen molar-refractivity contribution in [3.8, 4) is 11.3 Å². The van der Waals surface area contributed by atoms with Gasteiger partial charge in [-0.05, 0) is 43.7 Å². The van der Waals surface area contributed by atoms with Crippen LogP contribution in [-0.2, 0) is 13.1 Å². The lowest BCUT2D eigenvalue weighted by molar-refractivity contribution is 0.107. The molecule has 0 radical (unpaired) electrons. The standard InChI is InChI=1S/C19H20FN3/c1-19(9-3-2-4-10-19)22-11-12-23-17(14-22)13-18(21-23)15-5-7-16(20)8-6-15/h2-9,13H,10-12,14H2,1H3. The molecule has 0 fully saturated rings. The van der Waals surface area contributed by atoms with Crippen molar-refractivity contribution in [2.24, 2.45) is 0 Å². The summed E-state index contributed by atoms with van der Waals surface area (Å²) in [5.74, 6) is -0.214. The van der Waals surface area contributed by atoms with Crippen LogP contribution in [0.5, 0.6) is 0 Å².